The Morgan fingerprint density at radius 3 is 2.71 bits per heavy atom. The molecule has 1 aliphatic heterocycles. The first-order valence-corrected chi connectivity index (χ1v) is 8.35. The van der Waals surface area contributed by atoms with Gasteiger partial charge < -0.3 is 10.2 Å². The van der Waals surface area contributed by atoms with Crippen LogP contribution in [-0.2, 0) is 16.1 Å². The van der Waals surface area contributed by atoms with Crippen molar-refractivity contribution >= 4 is 17.5 Å². The number of hydrogen-bond donors (Lipinski definition) is 1. The van der Waals surface area contributed by atoms with Gasteiger partial charge in [0, 0.05) is 37.6 Å². The van der Waals surface area contributed by atoms with Crippen LogP contribution in [0.2, 0.25) is 0 Å². The van der Waals surface area contributed by atoms with Crippen LogP contribution >= 0.6 is 0 Å². The molecule has 1 saturated heterocycles. The van der Waals surface area contributed by atoms with E-state index in [2.05, 4.69) is 10.4 Å². The number of anilines is 1. The van der Waals surface area contributed by atoms with Crippen LogP contribution < -0.4 is 10.2 Å². The van der Waals surface area contributed by atoms with Gasteiger partial charge in [-0.25, -0.2) is 0 Å². The molecular formula is C18H22N4O2. The predicted molar refractivity (Wildman–Crippen MR) is 91.4 cm³/mol. The van der Waals surface area contributed by atoms with Crippen molar-refractivity contribution in [3.05, 3.63) is 48.3 Å². The Balaban J connectivity index is 1.58. The molecule has 1 aromatic carbocycles. The molecule has 1 fully saturated rings. The van der Waals surface area contributed by atoms with Crippen molar-refractivity contribution in [2.75, 3.05) is 11.4 Å². The van der Waals surface area contributed by atoms with Crippen molar-refractivity contribution in [2.45, 2.75) is 38.8 Å². The highest BCUT2D eigenvalue weighted by molar-refractivity contribution is 5.95. The molecule has 6 nitrogen and oxygen atoms in total. The smallest absolute Gasteiger partial charge is 0.245 e. The Morgan fingerprint density at radius 2 is 2.12 bits per heavy atom. The Morgan fingerprint density at radius 1 is 1.33 bits per heavy atom. The van der Waals surface area contributed by atoms with E-state index in [9.17, 15) is 9.59 Å². The zero-order chi connectivity index (χ0) is 16.9. The standard InChI is InChI=1S/C18H22N4O2/c1-2-16(22-12-4-10-20-22)18(24)19-13-14-6-8-15(9-7-14)21-11-3-5-17(21)23/h4,6-10,12,16H,2-3,5,11,13H2,1H3,(H,19,24). The monoisotopic (exact) mass is 326 g/mol. The summed E-state index contributed by atoms with van der Waals surface area (Å²) in [6.45, 7) is 3.22. The van der Waals surface area contributed by atoms with E-state index in [0.29, 0.717) is 19.4 Å². The molecule has 2 amide bonds. The number of carbonyl (C=O) groups excluding carboxylic acids is 2. The zero-order valence-corrected chi connectivity index (χ0v) is 13.8. The normalized spacial score (nSPS) is 15.5. The van der Waals surface area contributed by atoms with Crippen LogP contribution in [0.3, 0.4) is 0 Å². The molecule has 1 N–H and O–H groups in total. The van der Waals surface area contributed by atoms with Crippen LogP contribution in [0.4, 0.5) is 5.69 Å². The highest BCUT2D eigenvalue weighted by Crippen LogP contribution is 2.21. The van der Waals surface area contributed by atoms with Gasteiger partial charge in [-0.05, 0) is 36.6 Å². The summed E-state index contributed by atoms with van der Waals surface area (Å²) in [5.41, 5.74) is 1.93. The Labute approximate surface area is 141 Å². The van der Waals surface area contributed by atoms with E-state index >= 15 is 0 Å². The van der Waals surface area contributed by atoms with Gasteiger partial charge in [0.2, 0.25) is 11.8 Å². The average molecular weight is 326 g/mol. The molecule has 0 aliphatic carbocycles. The SMILES string of the molecule is CCC(C(=O)NCc1ccc(N2CCCC2=O)cc1)n1cccn1. The molecule has 0 spiro atoms. The van der Waals surface area contributed by atoms with Gasteiger partial charge in [0.05, 0.1) is 0 Å². The van der Waals surface area contributed by atoms with Crippen LogP contribution in [0.1, 0.15) is 37.8 Å². The minimum absolute atomic E-state index is 0.0417. The Hall–Kier alpha value is -2.63. The molecule has 1 unspecified atom stereocenters. The quantitative estimate of drug-likeness (QED) is 0.885. The first-order chi connectivity index (χ1) is 11.7. The molecule has 24 heavy (non-hydrogen) atoms. The first-order valence-electron chi connectivity index (χ1n) is 8.35. The van der Waals surface area contributed by atoms with Crippen molar-refractivity contribution < 1.29 is 9.59 Å². The molecule has 0 radical (unpaired) electrons. The minimum Gasteiger partial charge on any atom is -0.350 e. The van der Waals surface area contributed by atoms with E-state index in [-0.39, 0.29) is 17.9 Å². The summed E-state index contributed by atoms with van der Waals surface area (Å²) >= 11 is 0. The van der Waals surface area contributed by atoms with Gasteiger partial charge in [-0.1, -0.05) is 19.1 Å². The second-order valence-electron chi connectivity index (χ2n) is 5.94. The summed E-state index contributed by atoms with van der Waals surface area (Å²) in [5, 5.41) is 7.10. The number of hydrogen-bond acceptors (Lipinski definition) is 3. The van der Waals surface area contributed by atoms with Gasteiger partial charge in [-0.15, -0.1) is 0 Å². The largest absolute Gasteiger partial charge is 0.350 e. The van der Waals surface area contributed by atoms with Crippen LogP contribution in [0.5, 0.6) is 0 Å². The van der Waals surface area contributed by atoms with E-state index in [1.54, 1.807) is 17.1 Å². The van der Waals surface area contributed by atoms with E-state index in [1.165, 1.54) is 0 Å². The van der Waals surface area contributed by atoms with Gasteiger partial charge in [-0.3, -0.25) is 14.3 Å². The fourth-order valence-electron chi connectivity index (χ4n) is 2.98. The maximum atomic E-state index is 12.3. The van der Waals surface area contributed by atoms with Gasteiger partial charge in [0.25, 0.3) is 0 Å². The van der Waals surface area contributed by atoms with Crippen molar-refractivity contribution in [3.63, 3.8) is 0 Å². The van der Waals surface area contributed by atoms with Gasteiger partial charge >= 0.3 is 0 Å². The number of nitrogens with one attached hydrogen (secondary N) is 1. The third-order valence-electron chi connectivity index (χ3n) is 4.32. The van der Waals surface area contributed by atoms with Crippen molar-refractivity contribution in [1.82, 2.24) is 15.1 Å². The summed E-state index contributed by atoms with van der Waals surface area (Å²) in [5.74, 6) is 0.140. The molecule has 3 rings (SSSR count). The number of carbonyl (C=O) groups is 2. The van der Waals surface area contributed by atoms with Crippen LogP contribution in [-0.4, -0.2) is 28.1 Å². The van der Waals surface area contributed by atoms with E-state index in [1.807, 2.05) is 42.2 Å². The van der Waals surface area contributed by atoms with Crippen molar-refractivity contribution in [2.24, 2.45) is 0 Å². The average Bonchev–Trinajstić information content (AvgIpc) is 3.26. The lowest BCUT2D eigenvalue weighted by Crippen LogP contribution is -2.32. The fraction of sp³-hybridized carbons (Fsp3) is 0.389. The number of rotatable bonds is 6. The minimum atomic E-state index is -0.290. The zero-order valence-electron chi connectivity index (χ0n) is 13.8. The Kier molecular flexibility index (Phi) is 4.93. The summed E-state index contributed by atoms with van der Waals surface area (Å²) in [4.78, 5) is 25.9. The second-order valence-corrected chi connectivity index (χ2v) is 5.94. The number of nitrogens with zero attached hydrogens (tertiary/aromatic N) is 3. The molecule has 2 heterocycles. The molecule has 1 atom stereocenters. The third kappa shape index (κ3) is 3.48. The molecule has 1 aliphatic rings. The highest BCUT2D eigenvalue weighted by Gasteiger charge is 2.21. The Bertz CT molecular complexity index is 694. The molecule has 2 aromatic rings. The molecule has 126 valence electrons. The van der Waals surface area contributed by atoms with Gasteiger partial charge in [-0.2, -0.15) is 5.10 Å². The third-order valence-corrected chi connectivity index (χ3v) is 4.32. The second kappa shape index (κ2) is 7.29. The molecule has 6 heteroatoms. The lowest BCUT2D eigenvalue weighted by atomic mass is 10.1. The first kappa shape index (κ1) is 16.2. The van der Waals surface area contributed by atoms with Crippen LogP contribution in [0.25, 0.3) is 0 Å². The maximum Gasteiger partial charge on any atom is 0.245 e. The summed E-state index contributed by atoms with van der Waals surface area (Å²) in [6, 6.07) is 9.31. The summed E-state index contributed by atoms with van der Waals surface area (Å²) in [7, 11) is 0. The van der Waals surface area contributed by atoms with Crippen LogP contribution in [0, 0.1) is 0 Å². The van der Waals surface area contributed by atoms with Crippen LogP contribution in [0.15, 0.2) is 42.7 Å². The summed E-state index contributed by atoms with van der Waals surface area (Å²) in [6.07, 6.45) is 5.71. The fourth-order valence-corrected chi connectivity index (χ4v) is 2.98. The molecular weight excluding hydrogens is 304 g/mol. The van der Waals surface area contributed by atoms with Gasteiger partial charge in [0.1, 0.15) is 6.04 Å². The molecule has 1 aromatic heterocycles. The van der Waals surface area contributed by atoms with Gasteiger partial charge in [0.15, 0.2) is 0 Å². The topological polar surface area (TPSA) is 67.2 Å². The summed E-state index contributed by atoms with van der Waals surface area (Å²) < 4.78 is 1.68. The van der Waals surface area contributed by atoms with Crippen molar-refractivity contribution in [1.29, 1.82) is 0 Å². The van der Waals surface area contributed by atoms with E-state index in [4.69, 9.17) is 0 Å². The lowest BCUT2D eigenvalue weighted by molar-refractivity contribution is -0.124. The molecule has 0 bridgehead atoms. The molecule has 0 saturated carbocycles. The van der Waals surface area contributed by atoms with E-state index in [0.717, 1.165) is 24.2 Å². The number of benzene rings is 1. The lowest BCUT2D eigenvalue weighted by Gasteiger charge is -2.17. The highest BCUT2D eigenvalue weighted by atomic mass is 16.2. The predicted octanol–water partition coefficient (Wildman–Crippen LogP) is 2.28. The maximum absolute atomic E-state index is 12.3. The number of amides is 2. The number of aromatic nitrogens is 2. The van der Waals surface area contributed by atoms with Crippen molar-refractivity contribution in [3.8, 4) is 0 Å². The van der Waals surface area contributed by atoms with E-state index < -0.39 is 0 Å².